The summed E-state index contributed by atoms with van der Waals surface area (Å²) in [6.45, 7) is 3.72. The highest BCUT2D eigenvalue weighted by Gasteiger charge is 2.26. The van der Waals surface area contributed by atoms with Crippen molar-refractivity contribution < 1.29 is 23.4 Å². The Labute approximate surface area is 152 Å². The summed E-state index contributed by atoms with van der Waals surface area (Å²) in [7, 11) is 1.56. The number of amides is 1. The van der Waals surface area contributed by atoms with Gasteiger partial charge in [-0.1, -0.05) is 12.1 Å². The molecular formula is C20H22FNO4. The van der Waals surface area contributed by atoms with E-state index in [0.717, 1.165) is 5.56 Å². The first kappa shape index (κ1) is 18.2. The van der Waals surface area contributed by atoms with Crippen molar-refractivity contribution in [1.29, 1.82) is 0 Å². The minimum absolute atomic E-state index is 0.0935. The molecule has 138 valence electrons. The van der Waals surface area contributed by atoms with E-state index in [9.17, 15) is 9.18 Å². The maximum atomic E-state index is 13.1. The van der Waals surface area contributed by atoms with Gasteiger partial charge in [-0.15, -0.1) is 0 Å². The second-order valence-corrected chi connectivity index (χ2v) is 5.96. The van der Waals surface area contributed by atoms with Crippen LogP contribution in [0.5, 0.6) is 11.5 Å². The molecule has 0 aliphatic carbocycles. The van der Waals surface area contributed by atoms with Crippen molar-refractivity contribution in [3.8, 4) is 11.5 Å². The van der Waals surface area contributed by atoms with Gasteiger partial charge >= 0.3 is 0 Å². The number of morpholine rings is 1. The molecule has 1 heterocycles. The largest absolute Gasteiger partial charge is 0.493 e. The SMILES string of the molecule is CCOc1cc(C(=O)N2CCOC(c3ccc(F)cc3)C2)ccc1OC. The standard InChI is InChI=1S/C20H22FNO4/c1-3-25-18-12-15(6-9-17(18)24-2)20(23)22-10-11-26-19(13-22)14-4-7-16(21)8-5-14/h4-9,12,19H,3,10-11,13H2,1-2H3. The number of benzene rings is 2. The van der Waals surface area contributed by atoms with Crippen LogP contribution in [0.25, 0.3) is 0 Å². The molecule has 0 saturated carbocycles. The number of carbonyl (C=O) groups is 1. The highest BCUT2D eigenvalue weighted by Crippen LogP contribution is 2.29. The molecule has 1 unspecified atom stereocenters. The molecule has 1 aliphatic heterocycles. The summed E-state index contributed by atoms with van der Waals surface area (Å²) in [6, 6.07) is 11.3. The van der Waals surface area contributed by atoms with Gasteiger partial charge in [0.2, 0.25) is 0 Å². The van der Waals surface area contributed by atoms with Crippen LogP contribution in [0, 0.1) is 5.82 Å². The van der Waals surface area contributed by atoms with Gasteiger partial charge in [-0.3, -0.25) is 4.79 Å². The van der Waals surface area contributed by atoms with Crippen LogP contribution in [0.2, 0.25) is 0 Å². The Balaban J connectivity index is 1.76. The summed E-state index contributed by atoms with van der Waals surface area (Å²) < 4.78 is 29.7. The van der Waals surface area contributed by atoms with E-state index in [0.29, 0.717) is 43.4 Å². The predicted molar refractivity (Wildman–Crippen MR) is 95.2 cm³/mol. The molecule has 2 aromatic rings. The monoisotopic (exact) mass is 359 g/mol. The van der Waals surface area contributed by atoms with Crippen molar-refractivity contribution in [2.45, 2.75) is 13.0 Å². The van der Waals surface area contributed by atoms with Crippen LogP contribution in [0.15, 0.2) is 42.5 Å². The first-order chi connectivity index (χ1) is 12.6. The van der Waals surface area contributed by atoms with Crippen molar-refractivity contribution in [1.82, 2.24) is 4.90 Å². The predicted octanol–water partition coefficient (Wildman–Crippen LogP) is 3.45. The molecule has 1 amide bonds. The normalized spacial score (nSPS) is 17.0. The Kier molecular flexibility index (Phi) is 5.73. The van der Waals surface area contributed by atoms with E-state index < -0.39 is 0 Å². The molecule has 0 N–H and O–H groups in total. The maximum absolute atomic E-state index is 13.1. The molecule has 0 bridgehead atoms. The number of ether oxygens (including phenoxy) is 3. The highest BCUT2D eigenvalue weighted by atomic mass is 19.1. The maximum Gasteiger partial charge on any atom is 0.254 e. The number of halogens is 1. The molecule has 5 nitrogen and oxygen atoms in total. The van der Waals surface area contributed by atoms with Gasteiger partial charge in [-0.25, -0.2) is 4.39 Å². The fraction of sp³-hybridized carbons (Fsp3) is 0.350. The summed E-state index contributed by atoms with van der Waals surface area (Å²) in [5.74, 6) is 0.752. The quantitative estimate of drug-likeness (QED) is 0.820. The number of carbonyl (C=O) groups excluding carboxylic acids is 1. The fourth-order valence-corrected chi connectivity index (χ4v) is 2.97. The zero-order valence-electron chi connectivity index (χ0n) is 14.9. The first-order valence-electron chi connectivity index (χ1n) is 8.59. The molecule has 2 aromatic carbocycles. The van der Waals surface area contributed by atoms with Crippen LogP contribution in [-0.4, -0.2) is 44.2 Å². The molecule has 6 heteroatoms. The average molecular weight is 359 g/mol. The zero-order valence-corrected chi connectivity index (χ0v) is 14.9. The summed E-state index contributed by atoms with van der Waals surface area (Å²) in [5.41, 5.74) is 1.39. The molecule has 1 aliphatic rings. The third-order valence-electron chi connectivity index (χ3n) is 4.31. The number of hydrogen-bond donors (Lipinski definition) is 0. The van der Waals surface area contributed by atoms with E-state index >= 15 is 0 Å². The molecule has 0 aromatic heterocycles. The van der Waals surface area contributed by atoms with Gasteiger partial charge in [0, 0.05) is 12.1 Å². The van der Waals surface area contributed by atoms with Crippen LogP contribution in [0.4, 0.5) is 4.39 Å². The van der Waals surface area contributed by atoms with E-state index in [1.807, 2.05) is 6.92 Å². The Morgan fingerprint density at radius 1 is 1.23 bits per heavy atom. The molecule has 3 rings (SSSR count). The second-order valence-electron chi connectivity index (χ2n) is 5.96. The summed E-state index contributed by atoms with van der Waals surface area (Å²) in [4.78, 5) is 14.6. The molecule has 1 saturated heterocycles. The van der Waals surface area contributed by atoms with E-state index in [2.05, 4.69) is 0 Å². The Bertz CT molecular complexity index is 763. The third kappa shape index (κ3) is 3.96. The van der Waals surface area contributed by atoms with Gasteiger partial charge in [-0.05, 0) is 42.8 Å². The first-order valence-corrected chi connectivity index (χ1v) is 8.59. The number of rotatable bonds is 5. The van der Waals surface area contributed by atoms with E-state index in [1.165, 1.54) is 12.1 Å². The van der Waals surface area contributed by atoms with Gasteiger partial charge in [-0.2, -0.15) is 0 Å². The molecule has 26 heavy (non-hydrogen) atoms. The Morgan fingerprint density at radius 2 is 2.00 bits per heavy atom. The van der Waals surface area contributed by atoms with Gasteiger partial charge in [0.15, 0.2) is 11.5 Å². The number of methoxy groups -OCH3 is 1. The lowest BCUT2D eigenvalue weighted by atomic mass is 10.1. The van der Waals surface area contributed by atoms with Gasteiger partial charge in [0.1, 0.15) is 11.9 Å². The van der Waals surface area contributed by atoms with Gasteiger partial charge in [0.05, 0.1) is 26.9 Å². The van der Waals surface area contributed by atoms with Crippen LogP contribution < -0.4 is 9.47 Å². The summed E-state index contributed by atoms with van der Waals surface area (Å²) in [6.07, 6.45) is -0.266. The number of hydrogen-bond acceptors (Lipinski definition) is 4. The van der Waals surface area contributed by atoms with Gasteiger partial charge in [0.25, 0.3) is 5.91 Å². The molecule has 1 atom stereocenters. The minimum Gasteiger partial charge on any atom is -0.493 e. The Morgan fingerprint density at radius 3 is 2.69 bits per heavy atom. The lowest BCUT2D eigenvalue weighted by Gasteiger charge is -2.33. The topological polar surface area (TPSA) is 48.0 Å². The Hall–Kier alpha value is -2.60. The third-order valence-corrected chi connectivity index (χ3v) is 4.31. The van der Waals surface area contributed by atoms with Crippen molar-refractivity contribution >= 4 is 5.91 Å². The van der Waals surface area contributed by atoms with Crippen molar-refractivity contribution in [3.05, 3.63) is 59.4 Å². The van der Waals surface area contributed by atoms with E-state index in [1.54, 1.807) is 42.3 Å². The van der Waals surface area contributed by atoms with Crippen LogP contribution in [0.1, 0.15) is 28.9 Å². The van der Waals surface area contributed by atoms with Crippen LogP contribution >= 0.6 is 0 Å². The lowest BCUT2D eigenvalue weighted by molar-refractivity contribution is -0.0228. The summed E-state index contributed by atoms with van der Waals surface area (Å²) >= 11 is 0. The summed E-state index contributed by atoms with van der Waals surface area (Å²) in [5, 5.41) is 0. The van der Waals surface area contributed by atoms with Crippen LogP contribution in [-0.2, 0) is 4.74 Å². The molecule has 0 radical (unpaired) electrons. The molecular weight excluding hydrogens is 337 g/mol. The fourth-order valence-electron chi connectivity index (χ4n) is 2.97. The average Bonchev–Trinajstić information content (AvgIpc) is 2.68. The van der Waals surface area contributed by atoms with Crippen molar-refractivity contribution in [3.63, 3.8) is 0 Å². The smallest absolute Gasteiger partial charge is 0.254 e. The van der Waals surface area contributed by atoms with Gasteiger partial charge < -0.3 is 19.1 Å². The highest BCUT2D eigenvalue weighted by molar-refractivity contribution is 5.95. The van der Waals surface area contributed by atoms with Crippen molar-refractivity contribution in [2.75, 3.05) is 33.4 Å². The zero-order chi connectivity index (χ0) is 18.5. The molecule has 0 spiro atoms. The second kappa shape index (κ2) is 8.19. The molecule has 1 fully saturated rings. The van der Waals surface area contributed by atoms with E-state index in [-0.39, 0.29) is 17.8 Å². The van der Waals surface area contributed by atoms with Crippen LogP contribution in [0.3, 0.4) is 0 Å². The van der Waals surface area contributed by atoms with E-state index in [4.69, 9.17) is 14.2 Å². The lowest BCUT2D eigenvalue weighted by Crippen LogP contribution is -2.42. The minimum atomic E-state index is -0.292. The number of nitrogens with zero attached hydrogens (tertiary/aromatic N) is 1. The van der Waals surface area contributed by atoms with Crippen molar-refractivity contribution in [2.24, 2.45) is 0 Å².